The van der Waals surface area contributed by atoms with Gasteiger partial charge in [0.1, 0.15) is 0 Å². The molecule has 2 rings (SSSR count). The number of carbonyl (C=O) groups is 1. The molecule has 1 unspecified atom stereocenters. The van der Waals surface area contributed by atoms with Crippen molar-refractivity contribution in [3.05, 3.63) is 35.9 Å². The van der Waals surface area contributed by atoms with Crippen molar-refractivity contribution in [2.75, 3.05) is 0 Å². The summed E-state index contributed by atoms with van der Waals surface area (Å²) < 4.78 is 0. The van der Waals surface area contributed by atoms with Crippen LogP contribution in [0.2, 0.25) is 0 Å². The van der Waals surface area contributed by atoms with Crippen LogP contribution < -0.4 is 11.1 Å². The van der Waals surface area contributed by atoms with Gasteiger partial charge < -0.3 is 11.1 Å². The van der Waals surface area contributed by atoms with E-state index in [-0.39, 0.29) is 17.9 Å². The lowest BCUT2D eigenvalue weighted by Crippen LogP contribution is -2.41. The van der Waals surface area contributed by atoms with Gasteiger partial charge in [-0.2, -0.15) is 0 Å². The Bertz CT molecular complexity index is 396. The number of hydrogen-bond donors (Lipinski definition) is 2. The first-order chi connectivity index (χ1) is 9.15. The summed E-state index contributed by atoms with van der Waals surface area (Å²) in [4.78, 5) is 12.2. The molecule has 1 aliphatic rings. The average molecular weight is 260 g/mol. The molecule has 0 heterocycles. The molecule has 0 saturated heterocycles. The molecule has 1 fully saturated rings. The fraction of sp³-hybridized carbons (Fsp3) is 0.562. The Kier molecular flexibility index (Phi) is 4.97. The molecular weight excluding hydrogens is 236 g/mol. The third-order valence-electron chi connectivity index (χ3n) is 3.92. The van der Waals surface area contributed by atoms with Gasteiger partial charge in [-0.15, -0.1) is 0 Å². The van der Waals surface area contributed by atoms with E-state index in [9.17, 15) is 4.79 Å². The van der Waals surface area contributed by atoms with Crippen molar-refractivity contribution in [1.29, 1.82) is 0 Å². The van der Waals surface area contributed by atoms with Crippen LogP contribution in [0.1, 0.15) is 38.2 Å². The average Bonchev–Trinajstić information content (AvgIpc) is 2.40. The van der Waals surface area contributed by atoms with Crippen molar-refractivity contribution in [2.45, 2.75) is 51.1 Å². The molecule has 1 aromatic carbocycles. The molecule has 0 radical (unpaired) electrons. The van der Waals surface area contributed by atoms with Crippen LogP contribution in [0.4, 0.5) is 0 Å². The molecular formula is C16H24N2O. The van der Waals surface area contributed by atoms with Crippen LogP contribution in [0.15, 0.2) is 30.3 Å². The molecule has 3 nitrogen and oxygen atoms in total. The molecule has 1 saturated carbocycles. The standard InChI is InChI=1S/C16H24N2O/c1-12(11-13-5-3-2-4-6-13)18-16(19)14-7-9-15(17)10-8-14/h2-6,12,14-15H,7-11,17H2,1H3,(H,18,19). The molecule has 0 aliphatic heterocycles. The number of rotatable bonds is 4. The summed E-state index contributed by atoms with van der Waals surface area (Å²) >= 11 is 0. The van der Waals surface area contributed by atoms with E-state index >= 15 is 0 Å². The van der Waals surface area contributed by atoms with Gasteiger partial charge in [-0.05, 0) is 44.6 Å². The first-order valence-electron chi connectivity index (χ1n) is 7.25. The Morgan fingerprint density at radius 3 is 2.53 bits per heavy atom. The highest BCUT2D eigenvalue weighted by molar-refractivity contribution is 5.79. The van der Waals surface area contributed by atoms with Crippen molar-refractivity contribution in [3.63, 3.8) is 0 Å². The second kappa shape index (κ2) is 6.71. The molecule has 1 aliphatic carbocycles. The van der Waals surface area contributed by atoms with E-state index in [0.29, 0.717) is 6.04 Å². The van der Waals surface area contributed by atoms with Gasteiger partial charge in [0.15, 0.2) is 0 Å². The van der Waals surface area contributed by atoms with Crippen LogP contribution >= 0.6 is 0 Å². The fourth-order valence-corrected chi connectivity index (χ4v) is 2.76. The highest BCUT2D eigenvalue weighted by Crippen LogP contribution is 2.23. The molecule has 3 heteroatoms. The SMILES string of the molecule is CC(Cc1ccccc1)NC(=O)C1CCC(N)CC1. The van der Waals surface area contributed by atoms with E-state index in [1.165, 1.54) is 5.56 Å². The Labute approximate surface area is 115 Å². The molecule has 104 valence electrons. The highest BCUT2D eigenvalue weighted by Gasteiger charge is 2.25. The topological polar surface area (TPSA) is 55.1 Å². The molecule has 1 amide bonds. The summed E-state index contributed by atoms with van der Waals surface area (Å²) in [5, 5.41) is 3.13. The van der Waals surface area contributed by atoms with Crippen molar-refractivity contribution in [2.24, 2.45) is 11.7 Å². The van der Waals surface area contributed by atoms with E-state index in [0.717, 1.165) is 32.1 Å². The van der Waals surface area contributed by atoms with Crippen LogP contribution in [0, 0.1) is 5.92 Å². The Balaban J connectivity index is 1.78. The quantitative estimate of drug-likeness (QED) is 0.872. The minimum Gasteiger partial charge on any atom is -0.353 e. The smallest absolute Gasteiger partial charge is 0.223 e. The minimum atomic E-state index is 0.165. The maximum absolute atomic E-state index is 12.2. The number of benzene rings is 1. The minimum absolute atomic E-state index is 0.165. The first-order valence-corrected chi connectivity index (χ1v) is 7.25. The van der Waals surface area contributed by atoms with Crippen LogP contribution in [0.5, 0.6) is 0 Å². The zero-order chi connectivity index (χ0) is 13.7. The number of nitrogens with one attached hydrogen (secondary N) is 1. The number of nitrogens with two attached hydrogens (primary N) is 1. The van der Waals surface area contributed by atoms with Gasteiger partial charge in [-0.1, -0.05) is 30.3 Å². The second-order valence-corrected chi connectivity index (χ2v) is 5.71. The number of carbonyl (C=O) groups excluding carboxylic acids is 1. The summed E-state index contributed by atoms with van der Waals surface area (Å²) in [5.74, 6) is 0.369. The summed E-state index contributed by atoms with van der Waals surface area (Å²) in [6.07, 6.45) is 4.71. The molecule has 1 atom stereocenters. The Morgan fingerprint density at radius 2 is 1.89 bits per heavy atom. The highest BCUT2D eigenvalue weighted by atomic mass is 16.1. The predicted molar refractivity (Wildman–Crippen MR) is 77.7 cm³/mol. The lowest BCUT2D eigenvalue weighted by molar-refractivity contribution is -0.126. The molecule has 0 spiro atoms. The first kappa shape index (κ1) is 14.1. The van der Waals surface area contributed by atoms with Crippen molar-refractivity contribution < 1.29 is 4.79 Å². The monoisotopic (exact) mass is 260 g/mol. The molecule has 3 N–H and O–H groups in total. The van der Waals surface area contributed by atoms with Crippen molar-refractivity contribution >= 4 is 5.91 Å². The zero-order valence-electron chi connectivity index (χ0n) is 11.6. The predicted octanol–water partition coefficient (Wildman–Crippen LogP) is 2.25. The molecule has 19 heavy (non-hydrogen) atoms. The van der Waals surface area contributed by atoms with Crippen LogP contribution in [0.3, 0.4) is 0 Å². The van der Waals surface area contributed by atoms with Crippen LogP contribution in [-0.2, 0) is 11.2 Å². The molecule has 1 aromatic rings. The van der Waals surface area contributed by atoms with E-state index in [2.05, 4.69) is 24.4 Å². The lowest BCUT2D eigenvalue weighted by Gasteiger charge is -2.26. The third kappa shape index (κ3) is 4.35. The number of hydrogen-bond acceptors (Lipinski definition) is 2. The van der Waals surface area contributed by atoms with Gasteiger partial charge in [-0.3, -0.25) is 4.79 Å². The van der Waals surface area contributed by atoms with E-state index in [1.807, 2.05) is 18.2 Å². The van der Waals surface area contributed by atoms with E-state index in [4.69, 9.17) is 5.73 Å². The molecule has 0 aromatic heterocycles. The number of amides is 1. The van der Waals surface area contributed by atoms with Gasteiger partial charge in [-0.25, -0.2) is 0 Å². The summed E-state index contributed by atoms with van der Waals surface area (Å²) in [5.41, 5.74) is 7.13. The molecule has 0 bridgehead atoms. The van der Waals surface area contributed by atoms with Gasteiger partial charge in [0.2, 0.25) is 5.91 Å². The van der Waals surface area contributed by atoms with Crippen LogP contribution in [-0.4, -0.2) is 18.0 Å². The maximum atomic E-state index is 12.2. The van der Waals surface area contributed by atoms with Crippen LogP contribution in [0.25, 0.3) is 0 Å². The maximum Gasteiger partial charge on any atom is 0.223 e. The fourth-order valence-electron chi connectivity index (χ4n) is 2.76. The zero-order valence-corrected chi connectivity index (χ0v) is 11.6. The summed E-state index contributed by atoms with van der Waals surface area (Å²) in [6.45, 7) is 2.07. The second-order valence-electron chi connectivity index (χ2n) is 5.71. The summed E-state index contributed by atoms with van der Waals surface area (Å²) in [7, 11) is 0. The van der Waals surface area contributed by atoms with Crippen molar-refractivity contribution in [3.8, 4) is 0 Å². The van der Waals surface area contributed by atoms with Gasteiger partial charge in [0.05, 0.1) is 0 Å². The summed E-state index contributed by atoms with van der Waals surface area (Å²) in [6, 6.07) is 10.8. The van der Waals surface area contributed by atoms with E-state index in [1.54, 1.807) is 0 Å². The third-order valence-corrected chi connectivity index (χ3v) is 3.92. The Hall–Kier alpha value is -1.35. The largest absolute Gasteiger partial charge is 0.353 e. The lowest BCUT2D eigenvalue weighted by atomic mass is 9.86. The normalized spacial score (nSPS) is 24.7. The van der Waals surface area contributed by atoms with Gasteiger partial charge in [0.25, 0.3) is 0 Å². The van der Waals surface area contributed by atoms with Crippen molar-refractivity contribution in [1.82, 2.24) is 5.32 Å². The van der Waals surface area contributed by atoms with Gasteiger partial charge >= 0.3 is 0 Å². The van der Waals surface area contributed by atoms with E-state index < -0.39 is 0 Å². The Morgan fingerprint density at radius 1 is 1.26 bits per heavy atom. The van der Waals surface area contributed by atoms with Gasteiger partial charge in [0, 0.05) is 18.0 Å².